The first-order valence-corrected chi connectivity index (χ1v) is 8.38. The first kappa shape index (κ1) is 15.0. The molecule has 0 amide bonds. The lowest BCUT2D eigenvalue weighted by atomic mass is 9.74. The molecule has 3 rings (SSSR count). The van der Waals surface area contributed by atoms with Crippen LogP contribution in [0.4, 0.5) is 5.69 Å². The zero-order valence-corrected chi connectivity index (χ0v) is 13.5. The molecule has 0 bridgehead atoms. The fourth-order valence-corrected chi connectivity index (χ4v) is 4.29. The fraction of sp³-hybridized carbons (Fsp3) is 0.412. The van der Waals surface area contributed by atoms with Gasteiger partial charge in [0.25, 0.3) is 0 Å². The van der Waals surface area contributed by atoms with Crippen LogP contribution in [-0.4, -0.2) is 18.1 Å². The van der Waals surface area contributed by atoms with Crippen LogP contribution in [0.25, 0.3) is 10.4 Å². The molecule has 2 N–H and O–H groups in total. The number of aromatic nitrogens is 1. The van der Waals surface area contributed by atoms with Gasteiger partial charge in [-0.15, -0.1) is 11.3 Å². The minimum absolute atomic E-state index is 0.148. The predicted molar refractivity (Wildman–Crippen MR) is 88.7 cm³/mol. The second-order valence-electron chi connectivity index (χ2n) is 5.79. The van der Waals surface area contributed by atoms with Gasteiger partial charge in [0.15, 0.2) is 0 Å². The molecule has 0 unspecified atom stereocenters. The maximum absolute atomic E-state index is 12.4. The number of methoxy groups -OCH3 is 1. The topological polar surface area (TPSA) is 65.2 Å². The second kappa shape index (κ2) is 6.08. The van der Waals surface area contributed by atoms with E-state index in [1.165, 1.54) is 13.5 Å². The molecule has 0 radical (unpaired) electrons. The van der Waals surface area contributed by atoms with Crippen LogP contribution in [0.3, 0.4) is 0 Å². The number of hydrogen-bond donors (Lipinski definition) is 1. The fourth-order valence-electron chi connectivity index (χ4n) is 3.13. The smallest absolute Gasteiger partial charge is 0.318 e. The van der Waals surface area contributed by atoms with E-state index >= 15 is 0 Å². The molecule has 5 heteroatoms. The molecule has 0 aliphatic heterocycles. The maximum Gasteiger partial charge on any atom is 0.318 e. The third-order valence-electron chi connectivity index (χ3n) is 4.39. The van der Waals surface area contributed by atoms with E-state index in [1.54, 1.807) is 11.3 Å². The molecular formula is C17H20N2O2S. The number of rotatable bonds is 3. The first-order valence-electron chi connectivity index (χ1n) is 7.56. The van der Waals surface area contributed by atoms with Gasteiger partial charge in [-0.2, -0.15) is 0 Å². The van der Waals surface area contributed by atoms with Crippen LogP contribution in [0.5, 0.6) is 0 Å². The van der Waals surface area contributed by atoms with Gasteiger partial charge < -0.3 is 10.5 Å². The highest BCUT2D eigenvalue weighted by atomic mass is 32.1. The Bertz CT molecular complexity index is 658. The van der Waals surface area contributed by atoms with E-state index in [0.717, 1.165) is 46.8 Å². The number of hydrogen-bond acceptors (Lipinski definition) is 5. The highest BCUT2D eigenvalue weighted by molar-refractivity contribution is 7.15. The zero-order chi connectivity index (χ0) is 15.6. The van der Waals surface area contributed by atoms with E-state index in [2.05, 4.69) is 4.98 Å². The average molecular weight is 316 g/mol. The summed E-state index contributed by atoms with van der Waals surface area (Å²) in [4.78, 5) is 18.0. The number of benzene rings is 1. The van der Waals surface area contributed by atoms with Gasteiger partial charge >= 0.3 is 5.97 Å². The van der Waals surface area contributed by atoms with Crippen molar-refractivity contribution in [2.75, 3.05) is 12.8 Å². The zero-order valence-electron chi connectivity index (χ0n) is 12.7. The van der Waals surface area contributed by atoms with Gasteiger partial charge in [0.2, 0.25) is 0 Å². The van der Waals surface area contributed by atoms with Gasteiger partial charge in [0, 0.05) is 11.9 Å². The Labute approximate surface area is 134 Å². The number of nitrogens with zero attached hydrogens (tertiary/aromatic N) is 1. The quantitative estimate of drug-likeness (QED) is 0.691. The van der Waals surface area contributed by atoms with Gasteiger partial charge in [-0.05, 0) is 30.5 Å². The third-order valence-corrected chi connectivity index (χ3v) is 5.64. The summed E-state index contributed by atoms with van der Waals surface area (Å²) in [7, 11) is 1.47. The number of carbonyl (C=O) groups is 1. The first-order chi connectivity index (χ1) is 10.7. The molecule has 1 aromatic carbocycles. The van der Waals surface area contributed by atoms with Crippen LogP contribution in [0, 0.1) is 0 Å². The van der Waals surface area contributed by atoms with Crippen molar-refractivity contribution in [3.05, 3.63) is 35.5 Å². The third kappa shape index (κ3) is 2.61. The molecule has 0 saturated heterocycles. The van der Waals surface area contributed by atoms with Crippen molar-refractivity contribution in [2.24, 2.45) is 0 Å². The second-order valence-corrected chi connectivity index (χ2v) is 6.82. The number of thiazole rings is 1. The maximum atomic E-state index is 12.4. The highest BCUT2D eigenvalue weighted by Crippen LogP contribution is 2.43. The molecule has 1 saturated carbocycles. The Morgan fingerprint density at radius 1 is 1.23 bits per heavy atom. The SMILES string of the molecule is COC(=O)C1(c2ncc(-c3ccc(N)cc3)s2)CCCCC1. The van der Waals surface area contributed by atoms with Gasteiger partial charge in [-0.1, -0.05) is 31.4 Å². The summed E-state index contributed by atoms with van der Waals surface area (Å²) < 4.78 is 5.09. The van der Waals surface area contributed by atoms with Crippen LogP contribution in [0.1, 0.15) is 37.1 Å². The van der Waals surface area contributed by atoms with Crippen LogP contribution in [0.15, 0.2) is 30.5 Å². The number of esters is 1. The van der Waals surface area contributed by atoms with Gasteiger partial charge in [-0.3, -0.25) is 4.79 Å². The number of ether oxygens (including phenoxy) is 1. The van der Waals surface area contributed by atoms with Crippen LogP contribution in [-0.2, 0) is 14.9 Å². The van der Waals surface area contributed by atoms with Crippen molar-refractivity contribution < 1.29 is 9.53 Å². The summed E-state index contributed by atoms with van der Waals surface area (Å²) in [5.41, 5.74) is 7.00. The Kier molecular flexibility index (Phi) is 4.16. The molecule has 4 nitrogen and oxygen atoms in total. The molecule has 1 heterocycles. The van der Waals surface area contributed by atoms with Gasteiger partial charge in [0.05, 0.1) is 12.0 Å². The van der Waals surface area contributed by atoms with E-state index < -0.39 is 5.41 Å². The molecule has 1 aliphatic carbocycles. The van der Waals surface area contributed by atoms with E-state index in [4.69, 9.17) is 10.5 Å². The van der Waals surface area contributed by atoms with E-state index in [1.807, 2.05) is 30.5 Å². The molecule has 1 fully saturated rings. The van der Waals surface area contributed by atoms with Crippen molar-refractivity contribution in [3.8, 4) is 10.4 Å². The number of nitrogen functional groups attached to an aromatic ring is 1. The van der Waals surface area contributed by atoms with Crippen molar-refractivity contribution in [1.29, 1.82) is 0 Å². The summed E-state index contributed by atoms with van der Waals surface area (Å²) in [6.07, 6.45) is 6.78. The lowest BCUT2D eigenvalue weighted by Gasteiger charge is -2.32. The van der Waals surface area contributed by atoms with Gasteiger partial charge in [-0.25, -0.2) is 4.98 Å². The van der Waals surface area contributed by atoms with E-state index in [0.29, 0.717) is 0 Å². The number of nitrogens with two attached hydrogens (primary N) is 1. The van der Waals surface area contributed by atoms with Gasteiger partial charge in [0.1, 0.15) is 10.4 Å². The highest BCUT2D eigenvalue weighted by Gasteiger charge is 2.44. The minimum atomic E-state index is -0.552. The van der Waals surface area contributed by atoms with Crippen LogP contribution in [0.2, 0.25) is 0 Å². The predicted octanol–water partition coefficient (Wildman–Crippen LogP) is 3.77. The molecule has 1 aliphatic rings. The lowest BCUT2D eigenvalue weighted by Crippen LogP contribution is -2.38. The minimum Gasteiger partial charge on any atom is -0.468 e. The van der Waals surface area contributed by atoms with Crippen molar-refractivity contribution in [1.82, 2.24) is 4.98 Å². The Morgan fingerprint density at radius 3 is 2.55 bits per heavy atom. The molecule has 116 valence electrons. The largest absolute Gasteiger partial charge is 0.468 e. The number of carbonyl (C=O) groups excluding carboxylic acids is 1. The molecule has 0 spiro atoms. The normalized spacial score (nSPS) is 17.1. The Balaban J connectivity index is 1.96. The van der Waals surface area contributed by atoms with E-state index in [-0.39, 0.29) is 5.97 Å². The summed E-state index contributed by atoms with van der Waals surface area (Å²) in [5, 5.41) is 0.880. The number of anilines is 1. The van der Waals surface area contributed by atoms with Crippen LogP contribution >= 0.6 is 11.3 Å². The van der Waals surface area contributed by atoms with Crippen LogP contribution < -0.4 is 5.73 Å². The molecule has 1 aromatic heterocycles. The average Bonchev–Trinajstić information content (AvgIpc) is 3.06. The Morgan fingerprint density at radius 2 is 1.91 bits per heavy atom. The molecule has 22 heavy (non-hydrogen) atoms. The summed E-state index contributed by atoms with van der Waals surface area (Å²) in [5.74, 6) is -0.148. The molecule has 2 aromatic rings. The summed E-state index contributed by atoms with van der Waals surface area (Å²) in [6, 6.07) is 7.73. The lowest BCUT2D eigenvalue weighted by molar-refractivity contribution is -0.149. The molecular weight excluding hydrogens is 296 g/mol. The molecule has 0 atom stereocenters. The van der Waals surface area contributed by atoms with Crippen molar-refractivity contribution in [3.63, 3.8) is 0 Å². The van der Waals surface area contributed by atoms with E-state index in [9.17, 15) is 4.79 Å². The Hall–Kier alpha value is -1.88. The summed E-state index contributed by atoms with van der Waals surface area (Å²) >= 11 is 1.59. The standard InChI is InChI=1S/C17H20N2O2S/c1-21-16(20)17(9-3-2-4-10-17)15-19-11-14(22-15)12-5-7-13(18)8-6-12/h5-8,11H,2-4,9-10,18H2,1H3. The monoisotopic (exact) mass is 316 g/mol. The van der Waals surface area contributed by atoms with Crippen molar-refractivity contribution >= 4 is 23.0 Å². The summed E-state index contributed by atoms with van der Waals surface area (Å²) in [6.45, 7) is 0. The van der Waals surface area contributed by atoms with Crippen molar-refractivity contribution in [2.45, 2.75) is 37.5 Å².